The van der Waals surface area contributed by atoms with E-state index in [0.717, 1.165) is 19.3 Å². The Labute approximate surface area is 116 Å². The Bertz CT molecular complexity index is 494. The molecule has 20 heavy (non-hydrogen) atoms. The molecule has 0 heterocycles. The van der Waals surface area contributed by atoms with Gasteiger partial charge in [-0.2, -0.15) is 0 Å². The van der Waals surface area contributed by atoms with Gasteiger partial charge in [0.25, 0.3) is 11.8 Å². The maximum Gasteiger partial charge on any atom is 0.255 e. The second-order valence-corrected chi connectivity index (χ2v) is 5.04. The van der Waals surface area contributed by atoms with Gasteiger partial charge in [0.2, 0.25) is 0 Å². The molecule has 1 saturated carbocycles. The first-order valence-electron chi connectivity index (χ1n) is 6.50. The van der Waals surface area contributed by atoms with Crippen LogP contribution in [0.4, 0.5) is 0 Å². The van der Waals surface area contributed by atoms with Gasteiger partial charge < -0.3 is 20.9 Å². The molecule has 0 atom stereocenters. The Hall–Kier alpha value is -2.08. The van der Waals surface area contributed by atoms with Crippen molar-refractivity contribution in [2.75, 3.05) is 13.2 Å². The smallest absolute Gasteiger partial charge is 0.255 e. The van der Waals surface area contributed by atoms with Crippen LogP contribution in [-0.4, -0.2) is 35.7 Å². The molecule has 1 aromatic rings. The zero-order valence-corrected chi connectivity index (χ0v) is 11.1. The zero-order chi connectivity index (χ0) is 14.6. The molecule has 2 rings (SSSR count). The van der Waals surface area contributed by atoms with Gasteiger partial charge in [-0.25, -0.2) is 0 Å². The minimum atomic E-state index is -0.736. The van der Waals surface area contributed by atoms with Crippen LogP contribution >= 0.6 is 0 Å². The zero-order valence-electron chi connectivity index (χ0n) is 11.1. The van der Waals surface area contributed by atoms with Crippen molar-refractivity contribution < 1.29 is 19.4 Å². The van der Waals surface area contributed by atoms with Crippen molar-refractivity contribution in [2.24, 2.45) is 5.73 Å². The quantitative estimate of drug-likeness (QED) is 0.691. The minimum Gasteiger partial charge on any atom is -0.484 e. The maximum atomic E-state index is 11.9. The summed E-state index contributed by atoms with van der Waals surface area (Å²) in [5.74, 6) is -0.328. The molecular formula is C14H18N2O4. The van der Waals surface area contributed by atoms with Crippen LogP contribution in [0.3, 0.4) is 0 Å². The number of rotatable bonds is 6. The number of hydrogen-bond donors (Lipinski definition) is 3. The highest BCUT2D eigenvalue weighted by atomic mass is 16.5. The highest BCUT2D eigenvalue weighted by Crippen LogP contribution is 2.30. The molecule has 0 saturated heterocycles. The number of hydrogen-bond acceptors (Lipinski definition) is 4. The fourth-order valence-corrected chi connectivity index (χ4v) is 1.97. The first-order valence-corrected chi connectivity index (χ1v) is 6.50. The number of benzene rings is 1. The first-order chi connectivity index (χ1) is 9.48. The lowest BCUT2D eigenvalue weighted by Crippen LogP contribution is -2.47. The first kappa shape index (κ1) is 14.3. The van der Waals surface area contributed by atoms with Gasteiger partial charge in [0.05, 0.1) is 5.60 Å². The Morgan fingerprint density at radius 1 is 1.30 bits per heavy atom. The van der Waals surface area contributed by atoms with Crippen LogP contribution in [-0.2, 0) is 4.79 Å². The molecule has 1 aliphatic rings. The number of nitrogens with two attached hydrogens (primary N) is 1. The lowest BCUT2D eigenvalue weighted by molar-refractivity contribution is -0.119. The fourth-order valence-electron chi connectivity index (χ4n) is 1.97. The van der Waals surface area contributed by atoms with Gasteiger partial charge in [-0.1, -0.05) is 0 Å². The average molecular weight is 278 g/mol. The van der Waals surface area contributed by atoms with E-state index in [1.807, 2.05) is 0 Å². The number of ether oxygens (including phenoxy) is 1. The van der Waals surface area contributed by atoms with Crippen LogP contribution in [0.2, 0.25) is 0 Å². The van der Waals surface area contributed by atoms with Crippen molar-refractivity contribution in [3.05, 3.63) is 29.8 Å². The second-order valence-electron chi connectivity index (χ2n) is 5.04. The topological polar surface area (TPSA) is 102 Å². The van der Waals surface area contributed by atoms with Gasteiger partial charge in [-0.05, 0) is 43.5 Å². The van der Waals surface area contributed by atoms with E-state index in [-0.39, 0.29) is 19.1 Å². The Balaban J connectivity index is 1.85. The highest BCUT2D eigenvalue weighted by molar-refractivity contribution is 5.94. The summed E-state index contributed by atoms with van der Waals surface area (Å²) < 4.78 is 5.10. The molecule has 0 spiro atoms. The Kier molecular flexibility index (Phi) is 4.24. The van der Waals surface area contributed by atoms with Crippen molar-refractivity contribution in [3.8, 4) is 5.75 Å². The largest absolute Gasteiger partial charge is 0.484 e. The molecule has 108 valence electrons. The summed E-state index contributed by atoms with van der Waals surface area (Å²) in [6.45, 7) is 0.0737. The molecule has 0 aliphatic heterocycles. The molecule has 1 aromatic carbocycles. The summed E-state index contributed by atoms with van der Waals surface area (Å²) in [6, 6.07) is 6.37. The van der Waals surface area contributed by atoms with Gasteiger partial charge in [0.15, 0.2) is 6.61 Å². The van der Waals surface area contributed by atoms with Crippen LogP contribution in [0.25, 0.3) is 0 Å². The van der Waals surface area contributed by atoms with E-state index >= 15 is 0 Å². The third kappa shape index (κ3) is 3.71. The molecule has 0 radical (unpaired) electrons. The number of primary amides is 1. The van der Waals surface area contributed by atoms with E-state index < -0.39 is 11.5 Å². The molecule has 0 bridgehead atoms. The van der Waals surface area contributed by atoms with Crippen molar-refractivity contribution >= 4 is 11.8 Å². The number of carbonyl (C=O) groups is 2. The predicted octanol–water partition coefficient (Wildman–Crippen LogP) is 0.195. The SMILES string of the molecule is NC(=O)COc1ccc(C(=O)NCC2(O)CCC2)cc1. The minimum absolute atomic E-state index is 0.196. The molecule has 2 amide bonds. The van der Waals surface area contributed by atoms with Crippen molar-refractivity contribution in [3.63, 3.8) is 0 Å². The standard InChI is InChI=1S/C14H18N2O4/c15-12(17)8-20-11-4-2-10(3-5-11)13(18)16-9-14(19)6-1-7-14/h2-5,19H,1,6-9H2,(H2,15,17)(H,16,18). The van der Waals surface area contributed by atoms with Gasteiger partial charge in [-0.3, -0.25) is 9.59 Å². The fraction of sp³-hybridized carbons (Fsp3) is 0.429. The van der Waals surface area contributed by atoms with Gasteiger partial charge in [0, 0.05) is 12.1 Å². The van der Waals surface area contributed by atoms with Gasteiger partial charge >= 0.3 is 0 Å². The van der Waals surface area contributed by atoms with Crippen LogP contribution < -0.4 is 15.8 Å². The van der Waals surface area contributed by atoms with Crippen molar-refractivity contribution in [1.82, 2.24) is 5.32 Å². The van der Waals surface area contributed by atoms with E-state index in [2.05, 4.69) is 5.32 Å². The van der Waals surface area contributed by atoms with Crippen molar-refractivity contribution in [2.45, 2.75) is 24.9 Å². The summed E-state index contributed by atoms with van der Waals surface area (Å²) in [4.78, 5) is 22.4. The molecule has 6 nitrogen and oxygen atoms in total. The van der Waals surface area contributed by atoms with Crippen LogP contribution in [0.5, 0.6) is 5.75 Å². The monoisotopic (exact) mass is 278 g/mol. The number of carbonyl (C=O) groups excluding carboxylic acids is 2. The molecule has 0 unspecified atom stereocenters. The lowest BCUT2D eigenvalue weighted by Gasteiger charge is -2.36. The summed E-state index contributed by atoms with van der Waals surface area (Å²) in [7, 11) is 0. The van der Waals surface area contributed by atoms with E-state index in [9.17, 15) is 14.7 Å². The summed E-state index contributed by atoms with van der Waals surface area (Å²) >= 11 is 0. The third-order valence-electron chi connectivity index (χ3n) is 3.36. The van der Waals surface area contributed by atoms with Gasteiger partial charge in [-0.15, -0.1) is 0 Å². The molecule has 0 aromatic heterocycles. The van der Waals surface area contributed by atoms with E-state index in [0.29, 0.717) is 11.3 Å². The molecule has 1 fully saturated rings. The lowest BCUT2D eigenvalue weighted by atomic mass is 9.80. The summed E-state index contributed by atoms with van der Waals surface area (Å²) in [5, 5.41) is 12.6. The molecule has 4 N–H and O–H groups in total. The van der Waals surface area contributed by atoms with Gasteiger partial charge in [0.1, 0.15) is 5.75 Å². The van der Waals surface area contributed by atoms with Crippen LogP contribution in [0, 0.1) is 0 Å². The molecule has 6 heteroatoms. The number of nitrogens with one attached hydrogen (secondary N) is 1. The van der Waals surface area contributed by atoms with E-state index in [4.69, 9.17) is 10.5 Å². The molecule has 1 aliphatic carbocycles. The van der Waals surface area contributed by atoms with Crippen molar-refractivity contribution in [1.29, 1.82) is 0 Å². The number of amides is 2. The average Bonchev–Trinajstić information content (AvgIpc) is 2.41. The summed E-state index contributed by atoms with van der Waals surface area (Å²) in [5.41, 5.74) is 4.70. The Morgan fingerprint density at radius 2 is 1.95 bits per heavy atom. The maximum absolute atomic E-state index is 11.9. The third-order valence-corrected chi connectivity index (χ3v) is 3.36. The van der Waals surface area contributed by atoms with E-state index in [1.54, 1.807) is 24.3 Å². The second kappa shape index (κ2) is 5.92. The molecular weight excluding hydrogens is 260 g/mol. The predicted molar refractivity (Wildman–Crippen MR) is 72.3 cm³/mol. The normalized spacial score (nSPS) is 16.1. The summed E-state index contributed by atoms with van der Waals surface area (Å²) in [6.07, 6.45) is 2.46. The highest BCUT2D eigenvalue weighted by Gasteiger charge is 2.34. The van der Waals surface area contributed by atoms with E-state index in [1.165, 1.54) is 0 Å². The van der Waals surface area contributed by atoms with Crippen LogP contribution in [0.15, 0.2) is 24.3 Å². The Morgan fingerprint density at radius 3 is 2.45 bits per heavy atom. The van der Waals surface area contributed by atoms with Crippen LogP contribution in [0.1, 0.15) is 29.6 Å². The number of aliphatic hydroxyl groups is 1.